The third kappa shape index (κ3) is 3.64. The Morgan fingerprint density at radius 3 is 2.35 bits per heavy atom. The number of rotatable bonds is 2. The zero-order valence-corrected chi connectivity index (χ0v) is 10.6. The minimum absolute atomic E-state index is 0.0112. The Bertz CT molecular complexity index is 422. The number of guanidine groups is 2. The lowest BCUT2D eigenvalue weighted by molar-refractivity contribution is 0.396. The quantitative estimate of drug-likeness (QED) is 0.551. The Morgan fingerprint density at radius 1 is 1.35 bits per heavy atom. The second-order valence-electron chi connectivity index (χ2n) is 3.70. The summed E-state index contributed by atoms with van der Waals surface area (Å²) in [6, 6.07) is 7.43. The number of aliphatic imine (C=N–C) groups is 1. The lowest BCUT2D eigenvalue weighted by Gasteiger charge is -2.25. The zero-order valence-electron chi connectivity index (χ0n) is 9.81. The predicted molar refractivity (Wildman–Crippen MR) is 71.2 cm³/mol. The normalized spacial score (nSPS) is 11.7. The zero-order chi connectivity index (χ0) is 13.0. The predicted octanol–water partition coefficient (Wildman–Crippen LogP) is 1.54. The van der Waals surface area contributed by atoms with E-state index in [0.717, 1.165) is 5.56 Å². The third-order valence-electron chi connectivity index (χ3n) is 2.50. The Balaban J connectivity index is 2.82. The molecule has 0 amide bonds. The fraction of sp³-hybridized carbons (Fsp3) is 0.273. The van der Waals surface area contributed by atoms with Crippen LogP contribution >= 0.6 is 11.6 Å². The molecule has 0 aromatic heterocycles. The second kappa shape index (κ2) is 5.54. The number of nitrogens with two attached hydrogens (primary N) is 2. The molecule has 1 unspecified atom stereocenters. The molecule has 1 atom stereocenters. The molecule has 0 aliphatic heterocycles. The summed E-state index contributed by atoms with van der Waals surface area (Å²) in [4.78, 5) is 5.37. The van der Waals surface area contributed by atoms with Crippen LogP contribution in [0.2, 0.25) is 5.02 Å². The standard InChI is InChI=1S/C11H16ClN5/c1-7(8-3-5-9(12)6-4-8)17(2)11(15)16-10(13)14/h3-7H,1-2H3,(H5,13,14,15,16). The number of benzene rings is 1. The first-order chi connectivity index (χ1) is 7.91. The van der Waals surface area contributed by atoms with Gasteiger partial charge < -0.3 is 16.4 Å². The van der Waals surface area contributed by atoms with E-state index in [1.54, 1.807) is 11.9 Å². The highest BCUT2D eigenvalue weighted by Gasteiger charge is 2.14. The molecular formula is C11H16ClN5. The van der Waals surface area contributed by atoms with E-state index >= 15 is 0 Å². The molecule has 0 aliphatic carbocycles. The van der Waals surface area contributed by atoms with Crippen LogP contribution in [-0.4, -0.2) is 23.9 Å². The number of nitrogens with zero attached hydrogens (tertiary/aromatic N) is 2. The summed E-state index contributed by atoms with van der Waals surface area (Å²) in [5.74, 6) is -0.0994. The van der Waals surface area contributed by atoms with Crippen LogP contribution in [0.25, 0.3) is 0 Å². The van der Waals surface area contributed by atoms with E-state index in [2.05, 4.69) is 4.99 Å². The Hall–Kier alpha value is -1.75. The molecule has 0 spiro atoms. The molecule has 0 fully saturated rings. The van der Waals surface area contributed by atoms with Gasteiger partial charge in [0.15, 0.2) is 5.96 Å². The van der Waals surface area contributed by atoms with Gasteiger partial charge in [0, 0.05) is 12.1 Å². The average Bonchev–Trinajstić information content (AvgIpc) is 2.27. The van der Waals surface area contributed by atoms with Crippen molar-refractivity contribution in [2.24, 2.45) is 16.5 Å². The summed E-state index contributed by atoms with van der Waals surface area (Å²) in [7, 11) is 1.76. The molecule has 1 rings (SSSR count). The summed E-state index contributed by atoms with van der Waals surface area (Å²) < 4.78 is 0. The van der Waals surface area contributed by atoms with Gasteiger partial charge in [0.2, 0.25) is 5.96 Å². The average molecular weight is 254 g/mol. The van der Waals surface area contributed by atoms with Crippen LogP contribution in [0.5, 0.6) is 0 Å². The van der Waals surface area contributed by atoms with Crippen LogP contribution in [0.3, 0.4) is 0 Å². The summed E-state index contributed by atoms with van der Waals surface area (Å²) in [5.41, 5.74) is 11.5. The number of hydrogen-bond acceptors (Lipinski definition) is 1. The van der Waals surface area contributed by atoms with Gasteiger partial charge in [-0.2, -0.15) is 4.99 Å². The molecule has 1 aromatic rings. The van der Waals surface area contributed by atoms with Crippen LogP contribution in [0, 0.1) is 5.41 Å². The molecule has 17 heavy (non-hydrogen) atoms. The molecule has 92 valence electrons. The van der Waals surface area contributed by atoms with Crippen molar-refractivity contribution in [3.63, 3.8) is 0 Å². The van der Waals surface area contributed by atoms with Crippen LogP contribution < -0.4 is 11.5 Å². The maximum absolute atomic E-state index is 7.70. The monoisotopic (exact) mass is 253 g/mol. The third-order valence-corrected chi connectivity index (χ3v) is 2.75. The second-order valence-corrected chi connectivity index (χ2v) is 4.14. The van der Waals surface area contributed by atoms with Gasteiger partial charge in [-0.25, -0.2) is 0 Å². The van der Waals surface area contributed by atoms with E-state index in [1.165, 1.54) is 0 Å². The molecule has 0 saturated carbocycles. The van der Waals surface area contributed by atoms with E-state index in [1.807, 2.05) is 31.2 Å². The summed E-state index contributed by atoms with van der Waals surface area (Å²) in [6.07, 6.45) is 0. The van der Waals surface area contributed by atoms with Gasteiger partial charge in [0.1, 0.15) is 0 Å². The summed E-state index contributed by atoms with van der Waals surface area (Å²) in [5, 5.41) is 8.38. The first-order valence-corrected chi connectivity index (χ1v) is 5.46. The number of hydrogen-bond donors (Lipinski definition) is 3. The topological polar surface area (TPSA) is 91.5 Å². The van der Waals surface area contributed by atoms with Gasteiger partial charge in [-0.1, -0.05) is 23.7 Å². The van der Waals surface area contributed by atoms with Crippen LogP contribution in [0.1, 0.15) is 18.5 Å². The van der Waals surface area contributed by atoms with Gasteiger partial charge in [-0.05, 0) is 24.6 Å². The van der Waals surface area contributed by atoms with Crippen molar-refractivity contribution in [3.8, 4) is 0 Å². The van der Waals surface area contributed by atoms with Crippen LogP contribution in [0.15, 0.2) is 29.3 Å². The number of nitrogens with one attached hydrogen (secondary N) is 1. The molecule has 0 heterocycles. The van der Waals surface area contributed by atoms with Crippen molar-refractivity contribution < 1.29 is 0 Å². The highest BCUT2D eigenvalue weighted by Crippen LogP contribution is 2.20. The van der Waals surface area contributed by atoms with E-state index in [4.69, 9.17) is 28.5 Å². The Kier molecular flexibility index (Phi) is 4.34. The highest BCUT2D eigenvalue weighted by atomic mass is 35.5. The first kappa shape index (κ1) is 13.3. The smallest absolute Gasteiger partial charge is 0.221 e. The molecule has 1 aromatic carbocycles. The van der Waals surface area contributed by atoms with E-state index < -0.39 is 0 Å². The SMILES string of the molecule is CC(c1ccc(Cl)cc1)N(C)C(=N)N=C(N)N. The van der Waals surface area contributed by atoms with Gasteiger partial charge in [0.05, 0.1) is 6.04 Å². The summed E-state index contributed by atoms with van der Waals surface area (Å²) in [6.45, 7) is 1.96. The van der Waals surface area contributed by atoms with Crippen molar-refractivity contribution >= 4 is 23.5 Å². The molecule has 5 N–H and O–H groups in total. The van der Waals surface area contributed by atoms with Crippen molar-refractivity contribution in [1.82, 2.24) is 4.90 Å². The molecular weight excluding hydrogens is 238 g/mol. The molecule has 0 aliphatic rings. The van der Waals surface area contributed by atoms with E-state index in [-0.39, 0.29) is 18.0 Å². The lowest BCUT2D eigenvalue weighted by Crippen LogP contribution is -2.32. The molecule has 0 saturated heterocycles. The maximum atomic E-state index is 7.70. The van der Waals surface area contributed by atoms with E-state index in [0.29, 0.717) is 5.02 Å². The largest absolute Gasteiger partial charge is 0.370 e. The van der Waals surface area contributed by atoms with Crippen molar-refractivity contribution in [3.05, 3.63) is 34.9 Å². The number of halogens is 1. The van der Waals surface area contributed by atoms with Crippen molar-refractivity contribution in [2.45, 2.75) is 13.0 Å². The van der Waals surface area contributed by atoms with Crippen LogP contribution in [0.4, 0.5) is 0 Å². The molecule has 0 radical (unpaired) electrons. The van der Waals surface area contributed by atoms with Gasteiger partial charge >= 0.3 is 0 Å². The molecule has 0 bridgehead atoms. The minimum atomic E-state index is -0.120. The fourth-order valence-corrected chi connectivity index (χ4v) is 1.48. The highest BCUT2D eigenvalue weighted by molar-refractivity contribution is 6.30. The minimum Gasteiger partial charge on any atom is -0.370 e. The molecule has 6 heteroatoms. The molecule has 5 nitrogen and oxygen atoms in total. The fourth-order valence-electron chi connectivity index (χ4n) is 1.35. The lowest BCUT2D eigenvalue weighted by atomic mass is 10.1. The summed E-state index contributed by atoms with van der Waals surface area (Å²) >= 11 is 5.82. The Labute approximate surface area is 106 Å². The van der Waals surface area contributed by atoms with Crippen molar-refractivity contribution in [2.75, 3.05) is 7.05 Å². The van der Waals surface area contributed by atoms with Crippen molar-refractivity contribution in [1.29, 1.82) is 5.41 Å². The van der Waals surface area contributed by atoms with Gasteiger partial charge in [0.25, 0.3) is 0 Å². The first-order valence-electron chi connectivity index (χ1n) is 5.08. The van der Waals surface area contributed by atoms with Crippen LogP contribution in [-0.2, 0) is 0 Å². The van der Waals surface area contributed by atoms with Gasteiger partial charge in [-0.15, -0.1) is 0 Å². The maximum Gasteiger partial charge on any atom is 0.221 e. The Morgan fingerprint density at radius 2 is 1.88 bits per heavy atom. The van der Waals surface area contributed by atoms with E-state index in [9.17, 15) is 0 Å². The van der Waals surface area contributed by atoms with Gasteiger partial charge in [-0.3, -0.25) is 5.41 Å².